The molecule has 1 heterocycles. The summed E-state index contributed by atoms with van der Waals surface area (Å²) in [7, 11) is 0. The average Bonchev–Trinajstić information content (AvgIpc) is 2.87. The van der Waals surface area contributed by atoms with Crippen LogP contribution in [0.4, 0.5) is 0 Å². The van der Waals surface area contributed by atoms with Crippen LogP contribution in [0.2, 0.25) is 15.1 Å². The van der Waals surface area contributed by atoms with Gasteiger partial charge in [0.2, 0.25) is 0 Å². The van der Waals surface area contributed by atoms with Gasteiger partial charge in [0.25, 0.3) is 0 Å². The maximum Gasteiger partial charge on any atom is 0.347 e. The summed E-state index contributed by atoms with van der Waals surface area (Å²) in [5, 5.41) is 1.21. The van der Waals surface area contributed by atoms with E-state index in [-0.39, 0.29) is 6.61 Å². The topological polar surface area (TPSA) is 54.0 Å². The number of ether oxygens (including phenoxy) is 4. The van der Waals surface area contributed by atoms with E-state index >= 15 is 0 Å². The van der Waals surface area contributed by atoms with Crippen molar-refractivity contribution in [1.29, 1.82) is 0 Å². The van der Waals surface area contributed by atoms with Crippen LogP contribution in [0.25, 0.3) is 0 Å². The van der Waals surface area contributed by atoms with Crippen LogP contribution in [-0.2, 0) is 16.1 Å². The van der Waals surface area contributed by atoms with Crippen LogP contribution in [0, 0.1) is 0 Å². The first-order valence-electron chi connectivity index (χ1n) is 8.30. The second-order valence-corrected chi connectivity index (χ2v) is 7.15. The van der Waals surface area contributed by atoms with Gasteiger partial charge >= 0.3 is 5.97 Å². The van der Waals surface area contributed by atoms with Crippen molar-refractivity contribution in [3.63, 3.8) is 0 Å². The first-order valence-corrected chi connectivity index (χ1v) is 9.44. The monoisotopic (exact) mass is 430 g/mol. The lowest BCUT2D eigenvalue weighted by atomic mass is 10.2. The Morgan fingerprint density at radius 1 is 1.11 bits per heavy atom. The number of hydrogen-bond acceptors (Lipinski definition) is 5. The van der Waals surface area contributed by atoms with Gasteiger partial charge in [0.1, 0.15) is 12.4 Å². The Labute approximate surface area is 172 Å². The van der Waals surface area contributed by atoms with E-state index in [9.17, 15) is 4.79 Å². The molecule has 144 valence electrons. The third-order valence-electron chi connectivity index (χ3n) is 3.77. The molecule has 3 rings (SSSR count). The largest absolute Gasteiger partial charge is 0.489 e. The van der Waals surface area contributed by atoms with Gasteiger partial charge in [-0.2, -0.15) is 0 Å². The molecule has 1 aliphatic rings. The summed E-state index contributed by atoms with van der Waals surface area (Å²) in [6.45, 7) is 2.69. The predicted octanol–water partition coefficient (Wildman–Crippen LogP) is 5.32. The van der Waals surface area contributed by atoms with Crippen molar-refractivity contribution >= 4 is 40.8 Å². The van der Waals surface area contributed by atoms with Crippen molar-refractivity contribution in [2.75, 3.05) is 13.2 Å². The van der Waals surface area contributed by atoms with E-state index < -0.39 is 12.1 Å². The molecule has 8 heteroatoms. The van der Waals surface area contributed by atoms with Crippen LogP contribution in [0.3, 0.4) is 0 Å². The van der Waals surface area contributed by atoms with Gasteiger partial charge in [-0.3, -0.25) is 0 Å². The molecule has 0 fully saturated rings. The average molecular weight is 432 g/mol. The number of hydrogen-bond donors (Lipinski definition) is 0. The molecule has 2 aromatic carbocycles. The van der Waals surface area contributed by atoms with Crippen LogP contribution in [-0.4, -0.2) is 25.3 Å². The second-order valence-electron chi connectivity index (χ2n) is 5.90. The third kappa shape index (κ3) is 5.12. The fraction of sp³-hybridized carbons (Fsp3) is 0.316. The zero-order valence-corrected chi connectivity index (χ0v) is 16.7. The predicted molar refractivity (Wildman–Crippen MR) is 103 cm³/mol. The molecule has 0 aliphatic carbocycles. The molecule has 1 aliphatic heterocycles. The van der Waals surface area contributed by atoms with Gasteiger partial charge in [0.15, 0.2) is 17.6 Å². The molecule has 0 unspecified atom stereocenters. The van der Waals surface area contributed by atoms with Crippen LogP contribution >= 0.6 is 34.8 Å². The molecule has 0 amide bonds. The Bertz CT molecular complexity index is 840. The van der Waals surface area contributed by atoms with E-state index in [0.717, 1.165) is 6.42 Å². The van der Waals surface area contributed by atoms with Crippen LogP contribution in [0.15, 0.2) is 30.3 Å². The number of carbonyl (C=O) groups is 1. The number of esters is 1. The second kappa shape index (κ2) is 8.91. The SMILES string of the molecule is C[C@@H](Oc1ccc(Cl)cc1Cl)C(=O)OCc1cc(Cl)c2c(c1)OCCCO2. The minimum Gasteiger partial charge on any atom is -0.489 e. The molecule has 0 radical (unpaired) electrons. The minimum atomic E-state index is -0.848. The van der Waals surface area contributed by atoms with Gasteiger partial charge in [-0.15, -0.1) is 0 Å². The Morgan fingerprint density at radius 3 is 2.67 bits per heavy atom. The number of fused-ring (bicyclic) bond motifs is 1. The molecular weight excluding hydrogens is 415 g/mol. The third-order valence-corrected chi connectivity index (χ3v) is 4.58. The van der Waals surface area contributed by atoms with E-state index in [4.69, 9.17) is 53.8 Å². The lowest BCUT2D eigenvalue weighted by molar-refractivity contribution is -0.152. The first kappa shape index (κ1) is 19.9. The fourth-order valence-corrected chi connectivity index (χ4v) is 3.19. The van der Waals surface area contributed by atoms with Crippen LogP contribution in [0.5, 0.6) is 17.2 Å². The van der Waals surface area contributed by atoms with Crippen LogP contribution < -0.4 is 14.2 Å². The van der Waals surface area contributed by atoms with Crippen molar-refractivity contribution in [2.45, 2.75) is 26.1 Å². The normalized spacial score (nSPS) is 14.2. The summed E-state index contributed by atoms with van der Waals surface area (Å²) >= 11 is 18.1. The maximum atomic E-state index is 12.2. The standard InChI is InChI=1S/C19H17Cl3O5/c1-11(27-16-4-3-13(20)9-14(16)21)19(23)26-10-12-7-15(22)18-17(8-12)24-5-2-6-25-18/h3-4,7-9,11H,2,5-6,10H2,1H3/t11-/m1/s1. The number of benzene rings is 2. The van der Waals surface area contributed by atoms with Crippen molar-refractivity contribution in [1.82, 2.24) is 0 Å². The first-order chi connectivity index (χ1) is 12.9. The highest BCUT2D eigenvalue weighted by Gasteiger charge is 2.20. The highest BCUT2D eigenvalue weighted by Crippen LogP contribution is 2.38. The summed E-state index contributed by atoms with van der Waals surface area (Å²) in [6.07, 6.45) is -0.0724. The highest BCUT2D eigenvalue weighted by atomic mass is 35.5. The lowest BCUT2D eigenvalue weighted by Crippen LogP contribution is -2.26. The molecular formula is C19H17Cl3O5. The molecule has 0 N–H and O–H groups in total. The zero-order chi connectivity index (χ0) is 19.4. The maximum absolute atomic E-state index is 12.2. The van der Waals surface area contributed by atoms with E-state index in [2.05, 4.69) is 0 Å². The van der Waals surface area contributed by atoms with E-state index in [1.165, 1.54) is 6.07 Å². The Balaban J connectivity index is 1.61. The van der Waals surface area contributed by atoms with Gasteiger partial charge in [-0.1, -0.05) is 34.8 Å². The number of halogens is 3. The summed E-state index contributed by atoms with van der Waals surface area (Å²) in [5.74, 6) is 0.870. The molecule has 1 atom stereocenters. The molecule has 2 aromatic rings. The fourth-order valence-electron chi connectivity index (χ4n) is 2.45. The minimum absolute atomic E-state index is 0.0250. The van der Waals surface area contributed by atoms with Gasteiger partial charge < -0.3 is 18.9 Å². The summed E-state index contributed by atoms with van der Waals surface area (Å²) in [6, 6.07) is 8.19. The van der Waals surface area contributed by atoms with Gasteiger partial charge in [0.05, 0.1) is 23.3 Å². The quantitative estimate of drug-likeness (QED) is 0.600. The molecule has 0 saturated carbocycles. The Morgan fingerprint density at radius 2 is 1.89 bits per heavy atom. The highest BCUT2D eigenvalue weighted by molar-refractivity contribution is 6.35. The number of rotatable bonds is 5. The van der Waals surface area contributed by atoms with Crippen molar-refractivity contribution in [3.05, 3.63) is 51.0 Å². The van der Waals surface area contributed by atoms with Crippen LogP contribution in [0.1, 0.15) is 18.9 Å². The zero-order valence-electron chi connectivity index (χ0n) is 14.5. The summed E-state index contributed by atoms with van der Waals surface area (Å²) in [4.78, 5) is 12.2. The van der Waals surface area contributed by atoms with Gasteiger partial charge in [0, 0.05) is 11.4 Å². The molecule has 0 bridgehead atoms. The van der Waals surface area contributed by atoms with E-state index in [1.807, 2.05) is 0 Å². The molecule has 5 nitrogen and oxygen atoms in total. The number of carbonyl (C=O) groups excluding carboxylic acids is 1. The Hall–Kier alpha value is -1.82. The molecule has 0 aromatic heterocycles. The summed E-state index contributed by atoms with van der Waals surface area (Å²) < 4.78 is 22.1. The van der Waals surface area contributed by atoms with Gasteiger partial charge in [-0.05, 0) is 42.8 Å². The molecule has 27 heavy (non-hydrogen) atoms. The molecule has 0 spiro atoms. The van der Waals surface area contributed by atoms with Crippen molar-refractivity contribution < 1.29 is 23.7 Å². The summed E-state index contributed by atoms with van der Waals surface area (Å²) in [5.41, 5.74) is 0.689. The van der Waals surface area contributed by atoms with Crippen molar-refractivity contribution in [3.8, 4) is 17.2 Å². The van der Waals surface area contributed by atoms with E-state index in [0.29, 0.717) is 51.1 Å². The smallest absolute Gasteiger partial charge is 0.347 e. The lowest BCUT2D eigenvalue weighted by Gasteiger charge is -2.16. The van der Waals surface area contributed by atoms with E-state index in [1.54, 1.807) is 31.2 Å². The van der Waals surface area contributed by atoms with Gasteiger partial charge in [-0.25, -0.2) is 4.79 Å². The Kier molecular flexibility index (Phi) is 6.58. The van der Waals surface area contributed by atoms with Crippen molar-refractivity contribution in [2.24, 2.45) is 0 Å². The molecule has 0 saturated heterocycles.